The number of amides is 1. The van der Waals surface area contributed by atoms with Crippen LogP contribution in [0.1, 0.15) is 23.8 Å². The summed E-state index contributed by atoms with van der Waals surface area (Å²) in [6, 6.07) is 3.84. The maximum Gasteiger partial charge on any atom is 0.267 e. The number of aromatic amines is 1. The van der Waals surface area contributed by atoms with Crippen molar-refractivity contribution >= 4 is 5.91 Å². The Morgan fingerprint density at radius 3 is 2.79 bits per heavy atom. The Hall–Kier alpha value is -1.33. The minimum Gasteiger partial charge on any atom is -0.357 e. The van der Waals surface area contributed by atoms with Crippen LogP contribution in [-0.2, 0) is 0 Å². The number of aromatic nitrogens is 1. The van der Waals surface area contributed by atoms with Crippen molar-refractivity contribution in [3.05, 3.63) is 24.0 Å². The van der Waals surface area contributed by atoms with Crippen molar-refractivity contribution in [3.63, 3.8) is 0 Å². The quantitative estimate of drug-likeness (QED) is 0.826. The second kappa shape index (κ2) is 6.73. The largest absolute Gasteiger partial charge is 0.357 e. The van der Waals surface area contributed by atoms with Gasteiger partial charge in [-0.2, -0.15) is 0 Å². The van der Waals surface area contributed by atoms with Gasteiger partial charge in [-0.1, -0.05) is 0 Å². The zero-order valence-electron chi connectivity index (χ0n) is 11.9. The van der Waals surface area contributed by atoms with Gasteiger partial charge in [0.05, 0.1) is 0 Å². The number of likely N-dealkylation sites (N-methyl/N-ethyl adjacent to an activating group) is 1. The molecule has 2 heterocycles. The van der Waals surface area contributed by atoms with Crippen LogP contribution in [0.2, 0.25) is 0 Å². The fraction of sp³-hybridized carbons (Fsp3) is 0.643. The summed E-state index contributed by atoms with van der Waals surface area (Å²) in [6.45, 7) is 7.67. The van der Waals surface area contributed by atoms with E-state index in [1.807, 2.05) is 6.07 Å². The zero-order valence-corrected chi connectivity index (χ0v) is 11.9. The van der Waals surface area contributed by atoms with E-state index in [1.165, 1.54) is 0 Å². The lowest BCUT2D eigenvalue weighted by atomic mass is 10.2. The van der Waals surface area contributed by atoms with Crippen LogP contribution >= 0.6 is 0 Å². The van der Waals surface area contributed by atoms with E-state index in [9.17, 15) is 4.79 Å². The molecule has 0 spiro atoms. The van der Waals surface area contributed by atoms with E-state index in [0.29, 0.717) is 5.69 Å². The highest BCUT2D eigenvalue weighted by molar-refractivity contribution is 5.92. The van der Waals surface area contributed by atoms with E-state index in [4.69, 9.17) is 0 Å². The summed E-state index contributed by atoms with van der Waals surface area (Å²) in [5.41, 5.74) is 0.631. The lowest BCUT2D eigenvalue weighted by Gasteiger charge is -2.32. The van der Waals surface area contributed by atoms with Gasteiger partial charge in [0.2, 0.25) is 0 Å². The number of carbonyl (C=O) groups excluding carboxylic acids is 1. The van der Waals surface area contributed by atoms with Crippen molar-refractivity contribution in [2.24, 2.45) is 0 Å². The molecule has 1 atom stereocenters. The van der Waals surface area contributed by atoms with Gasteiger partial charge in [0.25, 0.3) is 5.91 Å². The Bertz CT molecular complexity index is 382. The van der Waals surface area contributed by atoms with Gasteiger partial charge in [-0.15, -0.1) is 0 Å². The topological polar surface area (TPSA) is 51.4 Å². The van der Waals surface area contributed by atoms with Gasteiger partial charge in [0.15, 0.2) is 0 Å². The third-order valence-corrected chi connectivity index (χ3v) is 3.69. The van der Waals surface area contributed by atoms with E-state index in [2.05, 4.69) is 34.1 Å². The number of hydrogen-bond acceptors (Lipinski definition) is 3. The molecule has 1 aliphatic rings. The summed E-state index contributed by atoms with van der Waals surface area (Å²) < 4.78 is 0. The van der Waals surface area contributed by atoms with Gasteiger partial charge >= 0.3 is 0 Å². The average molecular weight is 264 g/mol. The Kier molecular flexibility index (Phi) is 4.99. The van der Waals surface area contributed by atoms with E-state index in [0.717, 1.165) is 39.1 Å². The van der Waals surface area contributed by atoms with Crippen molar-refractivity contribution in [2.75, 3.05) is 39.8 Å². The normalized spacial score (nSPS) is 19.3. The Morgan fingerprint density at radius 2 is 2.16 bits per heavy atom. The SMILES string of the molecule is CC(CCN1CCN(C)CC1)NC(=O)c1ccc[nH]1. The lowest BCUT2D eigenvalue weighted by molar-refractivity contribution is 0.0927. The number of rotatable bonds is 5. The van der Waals surface area contributed by atoms with E-state index >= 15 is 0 Å². The van der Waals surface area contributed by atoms with Gasteiger partial charge in [0.1, 0.15) is 5.69 Å². The molecule has 1 aromatic rings. The molecule has 19 heavy (non-hydrogen) atoms. The fourth-order valence-electron chi connectivity index (χ4n) is 2.29. The molecular weight excluding hydrogens is 240 g/mol. The van der Waals surface area contributed by atoms with Gasteiger partial charge < -0.3 is 20.1 Å². The Balaban J connectivity index is 1.67. The summed E-state index contributed by atoms with van der Waals surface area (Å²) >= 11 is 0. The first-order chi connectivity index (χ1) is 9.15. The molecule has 0 radical (unpaired) electrons. The van der Waals surface area contributed by atoms with E-state index < -0.39 is 0 Å². The zero-order chi connectivity index (χ0) is 13.7. The molecule has 1 fully saturated rings. The average Bonchev–Trinajstić information content (AvgIpc) is 2.92. The number of carbonyl (C=O) groups is 1. The Morgan fingerprint density at radius 1 is 1.42 bits per heavy atom. The monoisotopic (exact) mass is 264 g/mol. The van der Waals surface area contributed by atoms with Crippen molar-refractivity contribution in [3.8, 4) is 0 Å². The van der Waals surface area contributed by atoms with Gasteiger partial charge in [0, 0.05) is 45.0 Å². The first kappa shape index (κ1) is 14.1. The molecule has 0 bridgehead atoms. The van der Waals surface area contributed by atoms with Crippen LogP contribution in [0.4, 0.5) is 0 Å². The smallest absolute Gasteiger partial charge is 0.267 e. The second-order valence-corrected chi connectivity index (χ2v) is 5.39. The standard InChI is InChI=1S/C14H24N4O/c1-12(16-14(19)13-4-3-6-15-13)5-7-18-10-8-17(2)9-11-18/h3-4,6,12,15H,5,7-11H2,1-2H3,(H,16,19). The van der Waals surface area contributed by atoms with E-state index in [1.54, 1.807) is 12.3 Å². The van der Waals surface area contributed by atoms with Crippen LogP contribution in [0.5, 0.6) is 0 Å². The summed E-state index contributed by atoms with van der Waals surface area (Å²) in [5, 5.41) is 3.02. The maximum absolute atomic E-state index is 11.8. The molecule has 1 unspecified atom stereocenters. The van der Waals surface area contributed by atoms with Crippen LogP contribution < -0.4 is 5.32 Å². The van der Waals surface area contributed by atoms with Crippen LogP contribution in [0.25, 0.3) is 0 Å². The van der Waals surface area contributed by atoms with Gasteiger partial charge in [-0.25, -0.2) is 0 Å². The number of piperazine rings is 1. The number of nitrogens with one attached hydrogen (secondary N) is 2. The first-order valence-corrected chi connectivity index (χ1v) is 7.00. The van der Waals surface area contributed by atoms with Crippen molar-refractivity contribution in [2.45, 2.75) is 19.4 Å². The Labute approximate surface area is 115 Å². The molecule has 106 valence electrons. The van der Waals surface area contributed by atoms with Crippen LogP contribution in [0.15, 0.2) is 18.3 Å². The second-order valence-electron chi connectivity index (χ2n) is 5.39. The number of H-pyrrole nitrogens is 1. The van der Waals surface area contributed by atoms with Gasteiger partial charge in [-0.05, 0) is 32.5 Å². The predicted octanol–water partition coefficient (Wildman–Crippen LogP) is 0.771. The molecule has 1 amide bonds. The number of nitrogens with zero attached hydrogens (tertiary/aromatic N) is 2. The third-order valence-electron chi connectivity index (χ3n) is 3.69. The molecular formula is C14H24N4O. The minimum absolute atomic E-state index is 0.0177. The first-order valence-electron chi connectivity index (χ1n) is 7.00. The minimum atomic E-state index is -0.0177. The molecule has 5 heteroatoms. The third kappa shape index (κ3) is 4.36. The molecule has 0 aromatic carbocycles. The van der Waals surface area contributed by atoms with Crippen molar-refractivity contribution < 1.29 is 4.79 Å². The summed E-state index contributed by atoms with van der Waals surface area (Å²) in [6.07, 6.45) is 2.76. The molecule has 0 saturated carbocycles. The molecule has 1 aromatic heterocycles. The molecule has 2 rings (SSSR count). The highest BCUT2D eigenvalue weighted by Crippen LogP contribution is 2.03. The highest BCUT2D eigenvalue weighted by Gasteiger charge is 2.15. The lowest BCUT2D eigenvalue weighted by Crippen LogP contribution is -2.46. The molecule has 5 nitrogen and oxygen atoms in total. The van der Waals surface area contributed by atoms with Gasteiger partial charge in [-0.3, -0.25) is 4.79 Å². The maximum atomic E-state index is 11.8. The van der Waals surface area contributed by atoms with Crippen molar-refractivity contribution in [1.29, 1.82) is 0 Å². The summed E-state index contributed by atoms with van der Waals surface area (Å²) in [5.74, 6) is -0.0177. The van der Waals surface area contributed by atoms with Crippen LogP contribution in [-0.4, -0.2) is 66.5 Å². The van der Waals surface area contributed by atoms with Crippen LogP contribution in [0, 0.1) is 0 Å². The number of hydrogen-bond donors (Lipinski definition) is 2. The molecule has 1 saturated heterocycles. The molecule has 1 aliphatic heterocycles. The molecule has 0 aliphatic carbocycles. The highest BCUT2D eigenvalue weighted by atomic mass is 16.1. The fourth-order valence-corrected chi connectivity index (χ4v) is 2.29. The molecule has 2 N–H and O–H groups in total. The summed E-state index contributed by atoms with van der Waals surface area (Å²) in [7, 11) is 2.16. The summed E-state index contributed by atoms with van der Waals surface area (Å²) in [4.78, 5) is 19.6. The van der Waals surface area contributed by atoms with Crippen LogP contribution in [0.3, 0.4) is 0 Å². The van der Waals surface area contributed by atoms with E-state index in [-0.39, 0.29) is 11.9 Å². The predicted molar refractivity (Wildman–Crippen MR) is 76.3 cm³/mol. The van der Waals surface area contributed by atoms with Crippen molar-refractivity contribution in [1.82, 2.24) is 20.1 Å².